The van der Waals surface area contributed by atoms with Crippen LogP contribution in [-0.4, -0.2) is 31.2 Å². The van der Waals surface area contributed by atoms with Crippen LogP contribution in [0.25, 0.3) is 22.4 Å². The van der Waals surface area contributed by atoms with Crippen molar-refractivity contribution in [1.82, 2.24) is 10.3 Å². The molecule has 0 unspecified atom stereocenters. The number of nitrogens with one attached hydrogen (secondary N) is 1. The molecule has 3 rings (SSSR count). The van der Waals surface area contributed by atoms with Gasteiger partial charge >= 0.3 is 0 Å². The summed E-state index contributed by atoms with van der Waals surface area (Å²) in [5.74, 6) is 0.966. The van der Waals surface area contributed by atoms with E-state index in [1.165, 1.54) is 15.8 Å². The van der Waals surface area contributed by atoms with Gasteiger partial charge in [-0.1, -0.05) is 12.1 Å². The molecule has 0 aliphatic heterocycles. The average Bonchev–Trinajstić information content (AvgIpc) is 3.07. The summed E-state index contributed by atoms with van der Waals surface area (Å²) in [4.78, 5) is 16.3. The zero-order chi connectivity index (χ0) is 20.1. The highest BCUT2D eigenvalue weighted by atomic mass is 32.1. The fraction of sp³-hybridized carbons (Fsp3) is 0.273. The third-order valence-electron chi connectivity index (χ3n) is 4.36. The SMILES string of the molecule is CCNC(=O)COc1ccc(/C=C/c2nc3cc(C)c(C)cc3s2)cc1OC. The zero-order valence-corrected chi connectivity index (χ0v) is 17.4. The topological polar surface area (TPSA) is 60.5 Å². The number of benzene rings is 2. The van der Waals surface area contributed by atoms with Crippen molar-refractivity contribution in [2.75, 3.05) is 20.3 Å². The summed E-state index contributed by atoms with van der Waals surface area (Å²) in [6.45, 7) is 6.63. The quantitative estimate of drug-likeness (QED) is 0.634. The van der Waals surface area contributed by atoms with Gasteiger partial charge in [0.15, 0.2) is 18.1 Å². The molecule has 1 amide bonds. The highest BCUT2D eigenvalue weighted by molar-refractivity contribution is 7.19. The van der Waals surface area contributed by atoms with Gasteiger partial charge in [0.1, 0.15) is 5.01 Å². The third kappa shape index (κ3) is 4.70. The number of likely N-dealkylation sites (N-methyl/N-ethyl adjacent to an activating group) is 1. The number of rotatable bonds is 7. The van der Waals surface area contributed by atoms with Gasteiger partial charge in [-0.3, -0.25) is 4.79 Å². The maximum atomic E-state index is 11.6. The van der Waals surface area contributed by atoms with Gasteiger partial charge in [0, 0.05) is 6.54 Å². The van der Waals surface area contributed by atoms with E-state index in [2.05, 4.69) is 36.3 Å². The molecule has 5 nitrogen and oxygen atoms in total. The van der Waals surface area contributed by atoms with Crippen molar-refractivity contribution in [1.29, 1.82) is 0 Å². The largest absolute Gasteiger partial charge is 0.493 e. The highest BCUT2D eigenvalue weighted by Crippen LogP contribution is 2.30. The number of thiazole rings is 1. The van der Waals surface area contributed by atoms with E-state index in [0.29, 0.717) is 18.0 Å². The Kier molecular flexibility index (Phi) is 6.31. The van der Waals surface area contributed by atoms with E-state index in [1.807, 2.05) is 37.3 Å². The minimum Gasteiger partial charge on any atom is -0.493 e. The molecule has 0 saturated heterocycles. The molecule has 0 aliphatic carbocycles. The predicted octanol–water partition coefficient (Wildman–Crippen LogP) is 4.61. The first-order chi connectivity index (χ1) is 13.5. The van der Waals surface area contributed by atoms with Crippen LogP contribution in [0.5, 0.6) is 11.5 Å². The molecule has 0 bridgehead atoms. The number of amides is 1. The Morgan fingerprint density at radius 3 is 2.68 bits per heavy atom. The maximum absolute atomic E-state index is 11.6. The molecule has 2 aromatic carbocycles. The average molecular weight is 397 g/mol. The summed E-state index contributed by atoms with van der Waals surface area (Å²) in [6, 6.07) is 9.92. The molecule has 146 valence electrons. The van der Waals surface area contributed by atoms with E-state index in [1.54, 1.807) is 18.4 Å². The molecular weight excluding hydrogens is 372 g/mol. The second-order valence-corrected chi connectivity index (χ2v) is 7.50. The molecule has 0 aliphatic rings. The Balaban J connectivity index is 1.75. The predicted molar refractivity (Wildman–Crippen MR) is 115 cm³/mol. The minimum atomic E-state index is -0.158. The Hall–Kier alpha value is -2.86. The molecule has 0 atom stereocenters. The first kappa shape index (κ1) is 19.9. The molecule has 1 N–H and O–H groups in total. The van der Waals surface area contributed by atoms with Crippen LogP contribution in [-0.2, 0) is 4.79 Å². The molecule has 0 saturated carbocycles. The fourth-order valence-corrected chi connectivity index (χ4v) is 3.69. The number of carbonyl (C=O) groups is 1. The number of aryl methyl sites for hydroxylation is 2. The molecule has 0 spiro atoms. The number of fused-ring (bicyclic) bond motifs is 1. The minimum absolute atomic E-state index is 0.0378. The van der Waals surface area contributed by atoms with Crippen molar-refractivity contribution in [3.05, 3.63) is 52.0 Å². The molecule has 28 heavy (non-hydrogen) atoms. The van der Waals surface area contributed by atoms with Crippen LogP contribution in [0.2, 0.25) is 0 Å². The van der Waals surface area contributed by atoms with Gasteiger partial charge in [0.2, 0.25) is 0 Å². The first-order valence-electron chi connectivity index (χ1n) is 9.13. The first-order valence-corrected chi connectivity index (χ1v) is 9.95. The van der Waals surface area contributed by atoms with Crippen LogP contribution in [0.4, 0.5) is 0 Å². The van der Waals surface area contributed by atoms with Crippen molar-refractivity contribution >= 4 is 39.6 Å². The number of hydrogen-bond donors (Lipinski definition) is 1. The molecule has 0 fully saturated rings. The third-order valence-corrected chi connectivity index (χ3v) is 5.34. The Morgan fingerprint density at radius 1 is 1.14 bits per heavy atom. The molecule has 0 radical (unpaired) electrons. The van der Waals surface area contributed by atoms with E-state index >= 15 is 0 Å². The number of ether oxygens (including phenoxy) is 2. The van der Waals surface area contributed by atoms with E-state index < -0.39 is 0 Å². The Labute approximate surface area is 169 Å². The van der Waals surface area contributed by atoms with Crippen LogP contribution < -0.4 is 14.8 Å². The van der Waals surface area contributed by atoms with Crippen molar-refractivity contribution in [3.8, 4) is 11.5 Å². The number of methoxy groups -OCH3 is 1. The molecular formula is C22H24N2O3S. The fourth-order valence-electron chi connectivity index (χ4n) is 2.74. The number of aromatic nitrogens is 1. The van der Waals surface area contributed by atoms with Crippen molar-refractivity contribution < 1.29 is 14.3 Å². The normalized spacial score (nSPS) is 11.1. The van der Waals surface area contributed by atoms with Gasteiger partial charge in [0.05, 0.1) is 17.3 Å². The van der Waals surface area contributed by atoms with Gasteiger partial charge in [-0.15, -0.1) is 11.3 Å². The van der Waals surface area contributed by atoms with Crippen molar-refractivity contribution in [2.45, 2.75) is 20.8 Å². The monoisotopic (exact) mass is 396 g/mol. The Bertz CT molecular complexity index is 985. The summed E-state index contributed by atoms with van der Waals surface area (Å²) in [5, 5.41) is 3.65. The van der Waals surface area contributed by atoms with Gasteiger partial charge in [-0.25, -0.2) is 4.98 Å². The molecule has 6 heteroatoms. The maximum Gasteiger partial charge on any atom is 0.257 e. The lowest BCUT2D eigenvalue weighted by molar-refractivity contribution is -0.123. The van der Waals surface area contributed by atoms with Gasteiger partial charge < -0.3 is 14.8 Å². The van der Waals surface area contributed by atoms with Gasteiger partial charge in [-0.05, 0) is 67.8 Å². The highest BCUT2D eigenvalue weighted by Gasteiger charge is 2.08. The second kappa shape index (κ2) is 8.89. The summed E-state index contributed by atoms with van der Waals surface area (Å²) >= 11 is 1.67. The summed E-state index contributed by atoms with van der Waals surface area (Å²) in [5.41, 5.74) is 4.52. The smallest absolute Gasteiger partial charge is 0.257 e. The van der Waals surface area contributed by atoms with E-state index in [4.69, 9.17) is 9.47 Å². The second-order valence-electron chi connectivity index (χ2n) is 6.44. The van der Waals surface area contributed by atoms with E-state index in [-0.39, 0.29) is 12.5 Å². The lowest BCUT2D eigenvalue weighted by Gasteiger charge is -2.11. The van der Waals surface area contributed by atoms with Crippen LogP contribution in [0.15, 0.2) is 30.3 Å². The zero-order valence-electron chi connectivity index (χ0n) is 16.5. The van der Waals surface area contributed by atoms with Crippen LogP contribution in [0.3, 0.4) is 0 Å². The lowest BCUT2D eigenvalue weighted by Crippen LogP contribution is -2.28. The Morgan fingerprint density at radius 2 is 1.93 bits per heavy atom. The van der Waals surface area contributed by atoms with Crippen LogP contribution in [0, 0.1) is 13.8 Å². The van der Waals surface area contributed by atoms with Gasteiger partial charge in [-0.2, -0.15) is 0 Å². The lowest BCUT2D eigenvalue weighted by atomic mass is 10.1. The molecule has 1 heterocycles. The number of hydrogen-bond acceptors (Lipinski definition) is 5. The van der Waals surface area contributed by atoms with Crippen molar-refractivity contribution in [2.24, 2.45) is 0 Å². The number of carbonyl (C=O) groups excluding carboxylic acids is 1. The number of nitrogens with zero attached hydrogens (tertiary/aromatic N) is 1. The summed E-state index contributed by atoms with van der Waals surface area (Å²) in [6.07, 6.45) is 3.99. The summed E-state index contributed by atoms with van der Waals surface area (Å²) in [7, 11) is 1.58. The molecule has 1 aromatic heterocycles. The van der Waals surface area contributed by atoms with Crippen molar-refractivity contribution in [3.63, 3.8) is 0 Å². The standard InChI is InChI=1S/C22H24N2O3S/c1-5-23-21(25)13-27-18-8-6-16(12-19(18)26-4)7-9-22-24-17-10-14(2)15(3)11-20(17)28-22/h6-12H,5,13H2,1-4H3,(H,23,25)/b9-7+. The summed E-state index contributed by atoms with van der Waals surface area (Å²) < 4.78 is 12.1. The van der Waals surface area contributed by atoms with E-state index in [9.17, 15) is 4.79 Å². The van der Waals surface area contributed by atoms with Gasteiger partial charge in [0.25, 0.3) is 5.91 Å². The van der Waals surface area contributed by atoms with Crippen LogP contribution in [0.1, 0.15) is 28.6 Å². The van der Waals surface area contributed by atoms with Crippen LogP contribution >= 0.6 is 11.3 Å². The van der Waals surface area contributed by atoms with E-state index in [0.717, 1.165) is 16.1 Å². The molecule has 3 aromatic rings.